The number of rotatable bonds is 0. The van der Waals surface area contributed by atoms with Gasteiger partial charge in [0, 0.05) is 10.3 Å². The van der Waals surface area contributed by atoms with Crippen LogP contribution in [0.2, 0.25) is 0 Å². The van der Waals surface area contributed by atoms with Crippen LogP contribution in [-0.4, -0.2) is 4.37 Å². The molecule has 2 heteroatoms. The van der Waals surface area contributed by atoms with Gasteiger partial charge >= 0.3 is 0 Å². The summed E-state index contributed by atoms with van der Waals surface area (Å²) in [5.41, 5.74) is 3.43. The van der Waals surface area contributed by atoms with Crippen molar-refractivity contribution in [2.24, 2.45) is 0 Å². The molecule has 0 fully saturated rings. The Morgan fingerprint density at radius 1 is 1.15 bits per heavy atom. The molecule has 1 aromatic rings. The molecule has 0 unspecified atom stereocenters. The summed E-state index contributed by atoms with van der Waals surface area (Å²) in [7, 11) is 0. The molecule has 0 bridgehead atoms. The third-order valence-corrected chi connectivity index (χ3v) is 4.34. The van der Waals surface area contributed by atoms with Gasteiger partial charge in [0.25, 0.3) is 0 Å². The van der Waals surface area contributed by atoms with Gasteiger partial charge in [-0.05, 0) is 35.9 Å². The number of nitrogens with zero attached hydrogens (tertiary/aromatic N) is 1. The molecule has 0 N–H and O–H groups in total. The normalized spacial score (nSPS) is 23.2. The predicted molar refractivity (Wildman–Crippen MR) is 57.5 cm³/mol. The molecule has 0 radical (unpaired) electrons. The standard InChI is InChI=1S/C11H17NS/c1-7-8-9(13-12-7)11(4,5)6-10(8,2)3/h6H2,1-5H3. The number of hydrogen-bond donors (Lipinski definition) is 0. The third kappa shape index (κ3) is 1.15. The van der Waals surface area contributed by atoms with E-state index in [1.807, 2.05) is 0 Å². The van der Waals surface area contributed by atoms with Crippen LogP contribution < -0.4 is 0 Å². The van der Waals surface area contributed by atoms with Gasteiger partial charge in [-0.25, -0.2) is 0 Å². The predicted octanol–water partition coefficient (Wildman–Crippen LogP) is 3.41. The average molecular weight is 195 g/mol. The molecule has 0 aromatic carbocycles. The summed E-state index contributed by atoms with van der Waals surface area (Å²) < 4.78 is 4.47. The van der Waals surface area contributed by atoms with E-state index in [9.17, 15) is 0 Å². The highest BCUT2D eigenvalue weighted by molar-refractivity contribution is 7.06. The van der Waals surface area contributed by atoms with Crippen LogP contribution in [0, 0.1) is 6.92 Å². The lowest BCUT2D eigenvalue weighted by molar-refractivity contribution is 0.403. The minimum Gasteiger partial charge on any atom is -0.197 e. The summed E-state index contributed by atoms with van der Waals surface area (Å²) in [5, 5.41) is 0. The lowest BCUT2D eigenvalue weighted by Gasteiger charge is -2.23. The Bertz CT molecular complexity index is 347. The molecule has 0 aliphatic heterocycles. The first-order valence-electron chi connectivity index (χ1n) is 4.82. The average Bonchev–Trinajstić information content (AvgIpc) is 2.35. The zero-order valence-electron chi connectivity index (χ0n) is 9.06. The fourth-order valence-corrected chi connectivity index (χ4v) is 4.06. The maximum absolute atomic E-state index is 4.47. The van der Waals surface area contributed by atoms with Gasteiger partial charge in [0.05, 0.1) is 5.69 Å². The van der Waals surface area contributed by atoms with E-state index in [1.54, 1.807) is 11.5 Å². The van der Waals surface area contributed by atoms with E-state index in [-0.39, 0.29) is 0 Å². The van der Waals surface area contributed by atoms with Gasteiger partial charge in [-0.3, -0.25) is 0 Å². The number of fused-ring (bicyclic) bond motifs is 1. The van der Waals surface area contributed by atoms with Gasteiger partial charge in [0.1, 0.15) is 0 Å². The van der Waals surface area contributed by atoms with E-state index in [4.69, 9.17) is 0 Å². The minimum absolute atomic E-state index is 0.329. The van der Waals surface area contributed by atoms with Crippen molar-refractivity contribution in [2.45, 2.75) is 51.9 Å². The maximum atomic E-state index is 4.47. The fraction of sp³-hybridized carbons (Fsp3) is 0.727. The number of aromatic nitrogens is 1. The first-order valence-corrected chi connectivity index (χ1v) is 5.59. The van der Waals surface area contributed by atoms with Crippen molar-refractivity contribution in [2.75, 3.05) is 0 Å². The van der Waals surface area contributed by atoms with Crippen molar-refractivity contribution in [3.8, 4) is 0 Å². The SMILES string of the molecule is Cc1nsc2c1C(C)(C)CC2(C)C. The van der Waals surface area contributed by atoms with Crippen LogP contribution in [-0.2, 0) is 10.8 Å². The molecule has 0 atom stereocenters. The quantitative estimate of drug-likeness (QED) is 0.618. The Kier molecular flexibility index (Phi) is 1.66. The lowest BCUT2D eigenvalue weighted by Crippen LogP contribution is -2.18. The molecule has 0 amide bonds. The van der Waals surface area contributed by atoms with Crippen molar-refractivity contribution >= 4 is 11.5 Å². The Hall–Kier alpha value is -0.370. The van der Waals surface area contributed by atoms with Crippen molar-refractivity contribution in [3.05, 3.63) is 16.1 Å². The van der Waals surface area contributed by atoms with Crippen LogP contribution in [0.25, 0.3) is 0 Å². The fourth-order valence-electron chi connectivity index (χ4n) is 2.90. The molecule has 2 rings (SSSR count). The second-order valence-corrected chi connectivity index (χ2v) is 6.19. The molecule has 72 valence electrons. The highest BCUT2D eigenvalue weighted by atomic mass is 32.1. The molecule has 0 saturated carbocycles. The zero-order valence-corrected chi connectivity index (χ0v) is 9.88. The summed E-state index contributed by atoms with van der Waals surface area (Å²) in [4.78, 5) is 1.51. The molecule has 1 aliphatic carbocycles. The Labute approximate surface area is 84.3 Å². The van der Waals surface area contributed by atoms with Crippen molar-refractivity contribution in [1.82, 2.24) is 4.37 Å². The maximum Gasteiger partial charge on any atom is 0.0551 e. The van der Waals surface area contributed by atoms with Gasteiger partial charge in [0.2, 0.25) is 0 Å². The largest absolute Gasteiger partial charge is 0.197 e. The molecular weight excluding hydrogens is 178 g/mol. The topological polar surface area (TPSA) is 12.9 Å². The molecule has 0 spiro atoms. The summed E-state index contributed by atoms with van der Waals surface area (Å²) >= 11 is 1.70. The van der Waals surface area contributed by atoms with E-state index >= 15 is 0 Å². The summed E-state index contributed by atoms with van der Waals surface area (Å²) in [6.45, 7) is 11.5. The van der Waals surface area contributed by atoms with Gasteiger partial charge in [-0.2, -0.15) is 4.37 Å². The highest BCUT2D eigenvalue weighted by Gasteiger charge is 2.44. The Morgan fingerprint density at radius 2 is 1.77 bits per heavy atom. The summed E-state index contributed by atoms with van der Waals surface area (Å²) in [6.07, 6.45) is 1.25. The zero-order chi connectivity index (χ0) is 9.85. The molecule has 1 aliphatic rings. The van der Waals surface area contributed by atoms with E-state index in [2.05, 4.69) is 39.0 Å². The van der Waals surface area contributed by atoms with Crippen molar-refractivity contribution in [1.29, 1.82) is 0 Å². The van der Waals surface area contributed by atoms with Crippen molar-refractivity contribution < 1.29 is 0 Å². The molecule has 1 nitrogen and oxygen atoms in total. The van der Waals surface area contributed by atoms with Crippen LogP contribution in [0.5, 0.6) is 0 Å². The minimum atomic E-state index is 0.329. The smallest absolute Gasteiger partial charge is 0.0551 e. The summed E-state index contributed by atoms with van der Waals surface area (Å²) in [5.74, 6) is 0. The van der Waals surface area contributed by atoms with Crippen LogP contribution in [0.15, 0.2) is 0 Å². The van der Waals surface area contributed by atoms with Crippen LogP contribution in [0.3, 0.4) is 0 Å². The van der Waals surface area contributed by atoms with Crippen LogP contribution in [0.4, 0.5) is 0 Å². The van der Waals surface area contributed by atoms with Gasteiger partial charge in [0.15, 0.2) is 0 Å². The molecule has 1 aromatic heterocycles. The first-order chi connectivity index (χ1) is 5.84. The molecule has 1 heterocycles. The third-order valence-electron chi connectivity index (χ3n) is 3.04. The molecular formula is C11H17NS. The van der Waals surface area contributed by atoms with E-state index < -0.39 is 0 Å². The van der Waals surface area contributed by atoms with Crippen molar-refractivity contribution in [3.63, 3.8) is 0 Å². The molecule has 13 heavy (non-hydrogen) atoms. The number of aryl methyl sites for hydroxylation is 1. The van der Waals surface area contributed by atoms with E-state index in [0.29, 0.717) is 10.8 Å². The van der Waals surface area contributed by atoms with Gasteiger partial charge in [-0.15, -0.1) is 0 Å². The lowest BCUT2D eigenvalue weighted by atomic mass is 9.82. The first kappa shape index (κ1) is 9.20. The summed E-state index contributed by atoms with van der Waals surface area (Å²) in [6, 6.07) is 0. The van der Waals surface area contributed by atoms with E-state index in [1.165, 1.54) is 22.6 Å². The Balaban J connectivity index is 2.67. The second-order valence-electron chi connectivity index (χ2n) is 5.42. The monoisotopic (exact) mass is 195 g/mol. The number of hydrogen-bond acceptors (Lipinski definition) is 2. The van der Waals surface area contributed by atoms with Crippen LogP contribution >= 0.6 is 11.5 Å². The Morgan fingerprint density at radius 3 is 2.31 bits per heavy atom. The van der Waals surface area contributed by atoms with E-state index in [0.717, 1.165) is 0 Å². The highest BCUT2D eigenvalue weighted by Crippen LogP contribution is 2.52. The van der Waals surface area contributed by atoms with Gasteiger partial charge < -0.3 is 0 Å². The van der Waals surface area contributed by atoms with Gasteiger partial charge in [-0.1, -0.05) is 27.7 Å². The second kappa shape index (κ2) is 2.35. The molecule has 0 saturated heterocycles. The van der Waals surface area contributed by atoms with Crippen LogP contribution in [0.1, 0.15) is 50.3 Å².